The molecule has 98 valence electrons. The number of hydrogen-bond acceptors (Lipinski definition) is 2. The fourth-order valence-corrected chi connectivity index (χ4v) is 2.33. The molecule has 0 spiro atoms. The van der Waals surface area contributed by atoms with Crippen LogP contribution in [0.25, 0.3) is 0 Å². The van der Waals surface area contributed by atoms with E-state index >= 15 is 0 Å². The van der Waals surface area contributed by atoms with Crippen molar-refractivity contribution in [3.8, 4) is 0 Å². The molecule has 1 heterocycles. The van der Waals surface area contributed by atoms with Gasteiger partial charge in [-0.3, -0.25) is 4.79 Å². The minimum absolute atomic E-state index is 0.0205. The van der Waals surface area contributed by atoms with E-state index in [4.69, 9.17) is 11.6 Å². The Labute approximate surface area is 111 Å². The lowest BCUT2D eigenvalue weighted by Gasteiger charge is -2.22. The lowest BCUT2D eigenvalue weighted by molar-refractivity contribution is -0.117. The average Bonchev–Trinajstić information content (AvgIpc) is 2.35. The van der Waals surface area contributed by atoms with Crippen molar-refractivity contribution >= 4 is 23.2 Å². The zero-order chi connectivity index (χ0) is 13.0. The third kappa shape index (κ3) is 3.68. The molecule has 1 unspecified atom stereocenters. The predicted molar refractivity (Wildman–Crippen MR) is 70.3 cm³/mol. The molecule has 3 nitrogen and oxygen atoms in total. The second-order valence-corrected chi connectivity index (χ2v) is 5.00. The van der Waals surface area contributed by atoms with Gasteiger partial charge < -0.3 is 10.6 Å². The van der Waals surface area contributed by atoms with Gasteiger partial charge in [-0.1, -0.05) is 11.6 Å². The van der Waals surface area contributed by atoms with E-state index in [0.29, 0.717) is 18.0 Å². The molecule has 1 atom stereocenters. The molecule has 0 saturated carbocycles. The van der Waals surface area contributed by atoms with Crippen LogP contribution in [0.3, 0.4) is 0 Å². The highest BCUT2D eigenvalue weighted by atomic mass is 35.5. The Morgan fingerprint density at radius 2 is 2.39 bits per heavy atom. The van der Waals surface area contributed by atoms with Gasteiger partial charge >= 0.3 is 0 Å². The Balaban J connectivity index is 1.88. The third-order valence-electron chi connectivity index (χ3n) is 3.08. The lowest BCUT2D eigenvalue weighted by atomic mass is 9.96. The number of piperidine rings is 1. The number of benzene rings is 1. The summed E-state index contributed by atoms with van der Waals surface area (Å²) >= 11 is 5.65. The van der Waals surface area contributed by atoms with E-state index in [1.54, 1.807) is 0 Å². The van der Waals surface area contributed by atoms with Crippen LogP contribution in [0.5, 0.6) is 0 Å². The SMILES string of the molecule is O=C(CC1CCCNC1)Nc1ccc(F)c(Cl)c1. The standard InChI is InChI=1S/C13H16ClFN2O/c14-11-7-10(3-4-12(11)15)17-13(18)6-9-2-1-5-16-8-9/h3-4,7,9,16H,1-2,5-6,8H2,(H,17,18). The summed E-state index contributed by atoms with van der Waals surface area (Å²) in [6.07, 6.45) is 2.67. The zero-order valence-corrected chi connectivity index (χ0v) is 10.8. The van der Waals surface area contributed by atoms with Gasteiger partial charge in [0, 0.05) is 12.1 Å². The van der Waals surface area contributed by atoms with E-state index < -0.39 is 5.82 Å². The molecular weight excluding hydrogens is 255 g/mol. The smallest absolute Gasteiger partial charge is 0.224 e. The zero-order valence-electron chi connectivity index (χ0n) is 10.0. The van der Waals surface area contributed by atoms with Gasteiger partial charge in [-0.2, -0.15) is 0 Å². The highest BCUT2D eigenvalue weighted by Crippen LogP contribution is 2.20. The van der Waals surface area contributed by atoms with E-state index in [9.17, 15) is 9.18 Å². The molecule has 1 aromatic rings. The first-order chi connectivity index (χ1) is 8.65. The number of nitrogens with one attached hydrogen (secondary N) is 2. The van der Waals surface area contributed by atoms with Gasteiger partial charge in [-0.15, -0.1) is 0 Å². The van der Waals surface area contributed by atoms with Crippen LogP contribution >= 0.6 is 11.6 Å². The van der Waals surface area contributed by atoms with E-state index in [1.165, 1.54) is 18.2 Å². The van der Waals surface area contributed by atoms with E-state index in [-0.39, 0.29) is 10.9 Å². The normalized spacial score (nSPS) is 19.6. The summed E-state index contributed by atoms with van der Waals surface area (Å²) in [7, 11) is 0. The second kappa shape index (κ2) is 6.16. The van der Waals surface area contributed by atoms with Gasteiger partial charge in [0.1, 0.15) is 5.82 Å². The van der Waals surface area contributed by atoms with Gasteiger partial charge in [0.05, 0.1) is 5.02 Å². The summed E-state index contributed by atoms with van der Waals surface area (Å²) in [5.74, 6) is -0.146. The summed E-state index contributed by atoms with van der Waals surface area (Å²) in [5.41, 5.74) is 0.537. The van der Waals surface area contributed by atoms with Crippen LogP contribution in [-0.2, 0) is 4.79 Å². The Kier molecular flexibility index (Phi) is 4.55. The van der Waals surface area contributed by atoms with Gasteiger partial charge in [0.25, 0.3) is 0 Å². The van der Waals surface area contributed by atoms with Crippen LogP contribution in [-0.4, -0.2) is 19.0 Å². The molecule has 0 bridgehead atoms. The van der Waals surface area contributed by atoms with Crippen LogP contribution < -0.4 is 10.6 Å². The molecule has 0 aromatic heterocycles. The molecule has 1 saturated heterocycles. The van der Waals surface area contributed by atoms with Crippen molar-refractivity contribution < 1.29 is 9.18 Å². The number of carbonyl (C=O) groups is 1. The summed E-state index contributed by atoms with van der Waals surface area (Å²) in [6, 6.07) is 4.19. The van der Waals surface area contributed by atoms with Gasteiger partial charge in [0.2, 0.25) is 5.91 Å². The first-order valence-electron chi connectivity index (χ1n) is 6.11. The topological polar surface area (TPSA) is 41.1 Å². The van der Waals surface area contributed by atoms with E-state index in [2.05, 4.69) is 10.6 Å². The third-order valence-corrected chi connectivity index (χ3v) is 3.37. The van der Waals surface area contributed by atoms with Crippen LogP contribution in [0.2, 0.25) is 5.02 Å². The number of anilines is 1. The number of amides is 1. The largest absolute Gasteiger partial charge is 0.326 e. The minimum Gasteiger partial charge on any atom is -0.326 e. The summed E-state index contributed by atoms with van der Waals surface area (Å²) in [6.45, 7) is 1.92. The molecule has 2 N–H and O–H groups in total. The molecular formula is C13H16ClFN2O. The van der Waals surface area contributed by atoms with Gasteiger partial charge in [-0.05, 0) is 50.0 Å². The molecule has 1 aliphatic heterocycles. The highest BCUT2D eigenvalue weighted by molar-refractivity contribution is 6.31. The van der Waals surface area contributed by atoms with Crippen LogP contribution in [0.4, 0.5) is 10.1 Å². The maximum absolute atomic E-state index is 13.0. The number of halogens is 2. The Hall–Kier alpha value is -1.13. The van der Waals surface area contributed by atoms with Gasteiger partial charge in [-0.25, -0.2) is 4.39 Å². The van der Waals surface area contributed by atoms with Crippen LogP contribution in [0, 0.1) is 11.7 Å². The molecule has 5 heteroatoms. The summed E-state index contributed by atoms with van der Waals surface area (Å²) in [4.78, 5) is 11.8. The Bertz CT molecular complexity index is 433. The van der Waals surface area contributed by atoms with Crippen molar-refractivity contribution in [2.45, 2.75) is 19.3 Å². The van der Waals surface area contributed by atoms with E-state index in [0.717, 1.165) is 25.9 Å². The number of rotatable bonds is 3. The molecule has 1 aliphatic rings. The summed E-state index contributed by atoms with van der Waals surface area (Å²) in [5, 5.41) is 6.03. The van der Waals surface area contributed by atoms with Crippen molar-refractivity contribution in [3.05, 3.63) is 29.0 Å². The fraction of sp³-hybridized carbons (Fsp3) is 0.462. The minimum atomic E-state index is -0.480. The van der Waals surface area contributed by atoms with Gasteiger partial charge in [0.15, 0.2) is 0 Å². The fourth-order valence-electron chi connectivity index (χ4n) is 2.15. The molecule has 18 heavy (non-hydrogen) atoms. The van der Waals surface area contributed by atoms with Crippen molar-refractivity contribution in [1.29, 1.82) is 0 Å². The molecule has 0 radical (unpaired) electrons. The Morgan fingerprint density at radius 3 is 3.06 bits per heavy atom. The maximum Gasteiger partial charge on any atom is 0.224 e. The molecule has 2 rings (SSSR count). The monoisotopic (exact) mass is 270 g/mol. The number of hydrogen-bond donors (Lipinski definition) is 2. The predicted octanol–water partition coefficient (Wildman–Crippen LogP) is 2.81. The average molecular weight is 271 g/mol. The molecule has 1 amide bonds. The second-order valence-electron chi connectivity index (χ2n) is 4.59. The molecule has 0 aliphatic carbocycles. The lowest BCUT2D eigenvalue weighted by Crippen LogP contribution is -2.32. The number of carbonyl (C=O) groups excluding carboxylic acids is 1. The first kappa shape index (κ1) is 13.3. The highest BCUT2D eigenvalue weighted by Gasteiger charge is 2.16. The first-order valence-corrected chi connectivity index (χ1v) is 6.48. The van der Waals surface area contributed by atoms with E-state index in [1.807, 2.05) is 0 Å². The van der Waals surface area contributed by atoms with Crippen molar-refractivity contribution in [2.24, 2.45) is 5.92 Å². The van der Waals surface area contributed by atoms with Crippen LogP contribution in [0.1, 0.15) is 19.3 Å². The van der Waals surface area contributed by atoms with Crippen molar-refractivity contribution in [2.75, 3.05) is 18.4 Å². The Morgan fingerprint density at radius 1 is 1.56 bits per heavy atom. The quantitative estimate of drug-likeness (QED) is 0.887. The van der Waals surface area contributed by atoms with Crippen molar-refractivity contribution in [3.63, 3.8) is 0 Å². The molecule has 1 fully saturated rings. The van der Waals surface area contributed by atoms with Crippen molar-refractivity contribution in [1.82, 2.24) is 5.32 Å². The molecule has 1 aromatic carbocycles. The summed E-state index contributed by atoms with van der Waals surface area (Å²) < 4.78 is 13.0. The van der Waals surface area contributed by atoms with Crippen LogP contribution in [0.15, 0.2) is 18.2 Å². The maximum atomic E-state index is 13.0.